The Morgan fingerprint density at radius 2 is 1.77 bits per heavy atom. The second-order valence-electron chi connectivity index (χ2n) is 7.89. The van der Waals surface area contributed by atoms with Gasteiger partial charge in [-0.2, -0.15) is 0 Å². The van der Waals surface area contributed by atoms with Gasteiger partial charge in [0, 0.05) is 43.8 Å². The minimum Gasteiger partial charge on any atom is -0.353 e. The summed E-state index contributed by atoms with van der Waals surface area (Å²) in [5, 5.41) is 2.18. The van der Waals surface area contributed by atoms with Gasteiger partial charge < -0.3 is 9.80 Å². The van der Waals surface area contributed by atoms with Crippen LogP contribution in [-0.2, 0) is 11.2 Å². The lowest BCUT2D eigenvalue weighted by molar-refractivity contribution is -0.133. The summed E-state index contributed by atoms with van der Waals surface area (Å²) >= 11 is 1.84. The van der Waals surface area contributed by atoms with Gasteiger partial charge in [-0.05, 0) is 41.1 Å². The van der Waals surface area contributed by atoms with Crippen LogP contribution >= 0.6 is 11.3 Å². The zero-order valence-corrected chi connectivity index (χ0v) is 17.8. The molecule has 0 aliphatic carbocycles. The van der Waals surface area contributed by atoms with Crippen LogP contribution in [0.2, 0.25) is 0 Å². The van der Waals surface area contributed by atoms with Crippen LogP contribution in [0.3, 0.4) is 0 Å². The molecule has 0 spiro atoms. The van der Waals surface area contributed by atoms with Crippen molar-refractivity contribution in [3.63, 3.8) is 0 Å². The number of hydrogen-bond donors (Lipinski definition) is 0. The molecular formula is C24H26N4OS. The number of amides is 1. The minimum absolute atomic E-state index is 0.167. The Balaban J connectivity index is 1.27. The maximum absolute atomic E-state index is 13.2. The molecule has 0 saturated carbocycles. The number of rotatable bonds is 4. The van der Waals surface area contributed by atoms with Crippen molar-refractivity contribution in [1.29, 1.82) is 0 Å². The van der Waals surface area contributed by atoms with Gasteiger partial charge in [0.05, 0.1) is 12.6 Å². The SMILES string of the molecule is O=C(CN1CCc2sccc2[C@H]1c1ccccc1)N1CCN(c2ccccn2)CC1. The van der Waals surface area contributed by atoms with Crippen molar-refractivity contribution in [2.24, 2.45) is 0 Å². The first-order valence-electron chi connectivity index (χ1n) is 10.6. The molecule has 5 rings (SSSR count). The predicted octanol–water partition coefficient (Wildman–Crippen LogP) is 3.44. The molecule has 0 N–H and O–H groups in total. The molecular weight excluding hydrogens is 392 g/mol. The molecule has 30 heavy (non-hydrogen) atoms. The van der Waals surface area contributed by atoms with Gasteiger partial charge in [-0.15, -0.1) is 11.3 Å². The van der Waals surface area contributed by atoms with Crippen LogP contribution in [0.1, 0.15) is 22.0 Å². The Labute approximate surface area is 181 Å². The van der Waals surface area contributed by atoms with Crippen molar-refractivity contribution in [3.05, 3.63) is 82.2 Å². The highest BCUT2D eigenvalue weighted by Gasteiger charge is 2.32. The van der Waals surface area contributed by atoms with E-state index in [9.17, 15) is 4.79 Å². The van der Waals surface area contributed by atoms with Crippen molar-refractivity contribution in [1.82, 2.24) is 14.8 Å². The summed E-state index contributed by atoms with van der Waals surface area (Å²) in [6.45, 7) is 4.57. The standard InChI is InChI=1S/C24H26N4OS/c29-23(27-15-13-26(14-16-27)22-8-4-5-11-25-22)18-28-12-9-21-20(10-17-30-21)24(28)19-6-2-1-3-7-19/h1-8,10-11,17,24H,9,12-16,18H2/t24-/m1/s1. The van der Waals surface area contributed by atoms with Crippen LogP contribution in [0.15, 0.2) is 66.2 Å². The van der Waals surface area contributed by atoms with Crippen LogP contribution in [0.5, 0.6) is 0 Å². The van der Waals surface area contributed by atoms with E-state index in [1.807, 2.05) is 40.6 Å². The third-order valence-electron chi connectivity index (χ3n) is 6.13. The van der Waals surface area contributed by atoms with E-state index in [2.05, 4.69) is 56.6 Å². The van der Waals surface area contributed by atoms with E-state index in [4.69, 9.17) is 0 Å². The number of anilines is 1. The fraction of sp³-hybridized carbons (Fsp3) is 0.333. The minimum atomic E-state index is 0.167. The van der Waals surface area contributed by atoms with E-state index in [1.54, 1.807) is 0 Å². The number of hydrogen-bond acceptors (Lipinski definition) is 5. The number of piperazine rings is 1. The molecule has 1 fully saturated rings. The van der Waals surface area contributed by atoms with E-state index in [-0.39, 0.29) is 11.9 Å². The zero-order chi connectivity index (χ0) is 20.3. The van der Waals surface area contributed by atoms with Crippen LogP contribution in [0.4, 0.5) is 5.82 Å². The third-order valence-corrected chi connectivity index (χ3v) is 7.12. The molecule has 2 aliphatic heterocycles. The number of thiophene rings is 1. The van der Waals surface area contributed by atoms with Crippen LogP contribution in [0.25, 0.3) is 0 Å². The summed E-state index contributed by atoms with van der Waals surface area (Å²) in [6.07, 6.45) is 2.85. The number of carbonyl (C=O) groups excluding carboxylic acids is 1. The number of nitrogens with zero attached hydrogens (tertiary/aromatic N) is 4. The van der Waals surface area contributed by atoms with Crippen LogP contribution in [-0.4, -0.2) is 60.0 Å². The quantitative estimate of drug-likeness (QED) is 0.651. The van der Waals surface area contributed by atoms with E-state index >= 15 is 0 Å². The Kier molecular flexibility index (Phi) is 5.51. The smallest absolute Gasteiger partial charge is 0.236 e. The summed E-state index contributed by atoms with van der Waals surface area (Å²) in [5.41, 5.74) is 2.63. The number of carbonyl (C=O) groups is 1. The van der Waals surface area contributed by atoms with Gasteiger partial charge in [0.25, 0.3) is 0 Å². The molecule has 2 aliphatic rings. The second-order valence-corrected chi connectivity index (χ2v) is 8.89. The fourth-order valence-corrected chi connectivity index (χ4v) is 5.47. The van der Waals surface area contributed by atoms with E-state index in [0.29, 0.717) is 6.54 Å². The Hall–Kier alpha value is -2.70. The summed E-state index contributed by atoms with van der Waals surface area (Å²) < 4.78 is 0. The molecule has 1 saturated heterocycles. The lowest BCUT2D eigenvalue weighted by Crippen LogP contribution is -2.52. The van der Waals surface area contributed by atoms with Crippen molar-refractivity contribution >= 4 is 23.1 Å². The van der Waals surface area contributed by atoms with Gasteiger partial charge >= 0.3 is 0 Å². The molecule has 3 aromatic rings. The maximum atomic E-state index is 13.2. The summed E-state index contributed by atoms with van der Waals surface area (Å²) in [7, 11) is 0. The van der Waals surface area contributed by atoms with Crippen molar-refractivity contribution < 1.29 is 4.79 Å². The normalized spacial score (nSPS) is 19.5. The molecule has 0 unspecified atom stereocenters. The van der Waals surface area contributed by atoms with Gasteiger partial charge in [0.2, 0.25) is 5.91 Å². The molecule has 1 atom stereocenters. The number of fused-ring (bicyclic) bond motifs is 1. The number of benzene rings is 1. The highest BCUT2D eigenvalue weighted by Crippen LogP contribution is 2.37. The molecule has 1 amide bonds. The molecule has 0 bridgehead atoms. The van der Waals surface area contributed by atoms with Gasteiger partial charge in [-0.25, -0.2) is 4.98 Å². The topological polar surface area (TPSA) is 39.7 Å². The monoisotopic (exact) mass is 418 g/mol. The summed E-state index contributed by atoms with van der Waals surface area (Å²) in [5.74, 6) is 1.23. The van der Waals surface area contributed by atoms with Gasteiger partial charge in [0.15, 0.2) is 0 Å². The summed E-state index contributed by atoms with van der Waals surface area (Å²) in [4.78, 5) is 25.7. The largest absolute Gasteiger partial charge is 0.353 e. The van der Waals surface area contributed by atoms with Crippen molar-refractivity contribution in [2.75, 3.05) is 44.2 Å². The Morgan fingerprint density at radius 1 is 0.967 bits per heavy atom. The van der Waals surface area contributed by atoms with Crippen LogP contribution < -0.4 is 4.90 Å². The second kappa shape index (κ2) is 8.58. The zero-order valence-electron chi connectivity index (χ0n) is 17.0. The van der Waals surface area contributed by atoms with E-state index in [1.165, 1.54) is 16.0 Å². The lowest BCUT2D eigenvalue weighted by Gasteiger charge is -2.39. The maximum Gasteiger partial charge on any atom is 0.236 e. The van der Waals surface area contributed by atoms with Gasteiger partial charge in [-0.3, -0.25) is 9.69 Å². The van der Waals surface area contributed by atoms with Gasteiger partial charge in [-0.1, -0.05) is 36.4 Å². The molecule has 6 heteroatoms. The Bertz CT molecular complexity index is 983. The molecule has 0 radical (unpaired) electrons. The fourth-order valence-electron chi connectivity index (χ4n) is 4.56. The van der Waals surface area contributed by atoms with E-state index in [0.717, 1.165) is 45.0 Å². The highest BCUT2D eigenvalue weighted by atomic mass is 32.1. The first-order valence-corrected chi connectivity index (χ1v) is 11.5. The molecule has 4 heterocycles. The Morgan fingerprint density at radius 3 is 2.53 bits per heavy atom. The average molecular weight is 419 g/mol. The van der Waals surface area contributed by atoms with Crippen molar-refractivity contribution in [3.8, 4) is 0 Å². The van der Waals surface area contributed by atoms with Gasteiger partial charge in [0.1, 0.15) is 5.82 Å². The average Bonchev–Trinajstić information content (AvgIpc) is 3.29. The first kappa shape index (κ1) is 19.3. The third kappa shape index (κ3) is 3.85. The number of aromatic nitrogens is 1. The van der Waals surface area contributed by atoms with Crippen LogP contribution in [0, 0.1) is 0 Å². The lowest BCUT2D eigenvalue weighted by atomic mass is 9.93. The molecule has 1 aromatic carbocycles. The molecule has 2 aromatic heterocycles. The van der Waals surface area contributed by atoms with Crippen molar-refractivity contribution in [2.45, 2.75) is 12.5 Å². The number of pyridine rings is 1. The first-order chi connectivity index (χ1) is 14.8. The highest BCUT2D eigenvalue weighted by molar-refractivity contribution is 7.10. The predicted molar refractivity (Wildman–Crippen MR) is 121 cm³/mol. The molecule has 5 nitrogen and oxygen atoms in total. The molecule has 154 valence electrons. The van der Waals surface area contributed by atoms with E-state index < -0.39 is 0 Å². The summed E-state index contributed by atoms with van der Waals surface area (Å²) in [6, 6.07) is 19.0.